The Morgan fingerprint density at radius 2 is 2.45 bits per heavy atom. The van der Waals surface area contributed by atoms with Crippen molar-refractivity contribution >= 4 is 5.95 Å². The number of nitrogen functional groups attached to an aromatic ring is 1. The first-order chi connectivity index (χ1) is 5.27. The lowest BCUT2D eigenvalue weighted by Gasteiger charge is -1.95. The number of rotatable bonds is 3. The molecule has 4 nitrogen and oxygen atoms in total. The molecular weight excluding hydrogens is 140 g/mol. The molecule has 4 heteroatoms. The molecule has 62 valence electrons. The lowest BCUT2D eigenvalue weighted by molar-refractivity contribution is 0.764. The fourth-order valence-electron chi connectivity index (χ4n) is 1.01. The standard InChI is InChI=1S/C7H14N4/c1-3-11-5-6(4-9-2)10-7(11)8/h5,9H,3-4H2,1-2H3,(H2,8,10). The van der Waals surface area contributed by atoms with E-state index in [-0.39, 0.29) is 0 Å². The van der Waals surface area contributed by atoms with Gasteiger partial charge in [-0.25, -0.2) is 4.98 Å². The number of imidazole rings is 1. The second-order valence-corrected chi connectivity index (χ2v) is 2.41. The van der Waals surface area contributed by atoms with Crippen LogP contribution < -0.4 is 11.1 Å². The van der Waals surface area contributed by atoms with Gasteiger partial charge < -0.3 is 15.6 Å². The van der Waals surface area contributed by atoms with E-state index in [1.54, 1.807) is 0 Å². The zero-order chi connectivity index (χ0) is 8.27. The van der Waals surface area contributed by atoms with Crippen LogP contribution in [-0.2, 0) is 13.1 Å². The van der Waals surface area contributed by atoms with Gasteiger partial charge in [0.15, 0.2) is 5.95 Å². The molecule has 1 aromatic rings. The van der Waals surface area contributed by atoms with Gasteiger partial charge in [0.1, 0.15) is 0 Å². The largest absolute Gasteiger partial charge is 0.369 e. The molecule has 1 rings (SSSR count). The summed E-state index contributed by atoms with van der Waals surface area (Å²) in [5, 5.41) is 3.02. The van der Waals surface area contributed by atoms with Crippen LogP contribution >= 0.6 is 0 Å². The van der Waals surface area contributed by atoms with Gasteiger partial charge in [-0.2, -0.15) is 0 Å². The summed E-state index contributed by atoms with van der Waals surface area (Å²) in [6.45, 7) is 3.70. The molecule has 0 aromatic carbocycles. The van der Waals surface area contributed by atoms with Crippen molar-refractivity contribution in [3.8, 4) is 0 Å². The minimum absolute atomic E-state index is 0.595. The van der Waals surface area contributed by atoms with Crippen LogP contribution in [0.5, 0.6) is 0 Å². The molecule has 0 saturated carbocycles. The van der Waals surface area contributed by atoms with Gasteiger partial charge in [-0.05, 0) is 14.0 Å². The molecule has 0 spiro atoms. The Hall–Kier alpha value is -1.03. The van der Waals surface area contributed by atoms with Gasteiger partial charge in [-0.3, -0.25) is 0 Å². The number of nitrogens with one attached hydrogen (secondary N) is 1. The van der Waals surface area contributed by atoms with Gasteiger partial charge in [0.25, 0.3) is 0 Å². The quantitative estimate of drug-likeness (QED) is 0.654. The Balaban J connectivity index is 2.77. The number of nitrogens with zero attached hydrogens (tertiary/aromatic N) is 2. The molecule has 11 heavy (non-hydrogen) atoms. The van der Waals surface area contributed by atoms with Crippen molar-refractivity contribution < 1.29 is 0 Å². The fourth-order valence-corrected chi connectivity index (χ4v) is 1.01. The van der Waals surface area contributed by atoms with Crippen LogP contribution in [0.1, 0.15) is 12.6 Å². The molecule has 0 saturated heterocycles. The molecule has 0 bridgehead atoms. The highest BCUT2D eigenvalue weighted by atomic mass is 15.1. The SMILES string of the molecule is CCn1cc(CNC)nc1N. The third-order valence-corrected chi connectivity index (χ3v) is 1.56. The molecule has 0 radical (unpaired) electrons. The van der Waals surface area contributed by atoms with Gasteiger partial charge in [-0.1, -0.05) is 0 Å². The average molecular weight is 154 g/mol. The Morgan fingerprint density at radius 1 is 1.73 bits per heavy atom. The zero-order valence-corrected chi connectivity index (χ0v) is 6.96. The number of hydrogen-bond acceptors (Lipinski definition) is 3. The van der Waals surface area contributed by atoms with E-state index in [2.05, 4.69) is 10.3 Å². The van der Waals surface area contributed by atoms with Crippen LogP contribution in [0.2, 0.25) is 0 Å². The van der Waals surface area contributed by atoms with Crippen LogP contribution in [0.4, 0.5) is 5.95 Å². The van der Waals surface area contributed by atoms with Crippen molar-refractivity contribution in [2.24, 2.45) is 0 Å². The lowest BCUT2D eigenvalue weighted by Crippen LogP contribution is -2.05. The Kier molecular flexibility index (Phi) is 2.48. The van der Waals surface area contributed by atoms with Crippen molar-refractivity contribution in [2.45, 2.75) is 20.0 Å². The normalized spacial score (nSPS) is 10.4. The number of aromatic nitrogens is 2. The minimum Gasteiger partial charge on any atom is -0.369 e. The predicted molar refractivity (Wildman–Crippen MR) is 45.1 cm³/mol. The third-order valence-electron chi connectivity index (χ3n) is 1.56. The highest BCUT2D eigenvalue weighted by molar-refractivity contribution is 5.21. The van der Waals surface area contributed by atoms with E-state index in [0.29, 0.717) is 5.95 Å². The Bertz CT molecular complexity index is 228. The van der Waals surface area contributed by atoms with Gasteiger partial charge in [-0.15, -0.1) is 0 Å². The first-order valence-electron chi connectivity index (χ1n) is 3.74. The van der Waals surface area contributed by atoms with Gasteiger partial charge in [0.05, 0.1) is 5.69 Å². The lowest BCUT2D eigenvalue weighted by atomic mass is 10.5. The second kappa shape index (κ2) is 3.39. The average Bonchev–Trinajstić information content (AvgIpc) is 2.32. The summed E-state index contributed by atoms with van der Waals surface area (Å²) in [4.78, 5) is 4.15. The first kappa shape index (κ1) is 8.07. The summed E-state index contributed by atoms with van der Waals surface area (Å²) in [6.07, 6.45) is 1.96. The van der Waals surface area contributed by atoms with Crippen LogP contribution in [-0.4, -0.2) is 16.6 Å². The molecular formula is C7H14N4. The Morgan fingerprint density at radius 3 is 2.91 bits per heavy atom. The van der Waals surface area contributed by atoms with Gasteiger partial charge >= 0.3 is 0 Å². The van der Waals surface area contributed by atoms with Crippen LogP contribution in [0.3, 0.4) is 0 Å². The summed E-state index contributed by atoms with van der Waals surface area (Å²) < 4.78 is 1.92. The maximum absolute atomic E-state index is 5.61. The number of aryl methyl sites for hydroxylation is 1. The van der Waals surface area contributed by atoms with E-state index >= 15 is 0 Å². The molecule has 0 aliphatic carbocycles. The summed E-state index contributed by atoms with van der Waals surface area (Å²) in [6, 6.07) is 0. The second-order valence-electron chi connectivity index (χ2n) is 2.41. The molecule has 1 heterocycles. The van der Waals surface area contributed by atoms with Crippen molar-refractivity contribution in [2.75, 3.05) is 12.8 Å². The van der Waals surface area contributed by atoms with Crippen molar-refractivity contribution in [3.05, 3.63) is 11.9 Å². The number of hydrogen-bond donors (Lipinski definition) is 2. The van der Waals surface area contributed by atoms with E-state index in [1.807, 2.05) is 24.7 Å². The highest BCUT2D eigenvalue weighted by Gasteiger charge is 2.00. The monoisotopic (exact) mass is 154 g/mol. The van der Waals surface area contributed by atoms with Crippen LogP contribution in [0.15, 0.2) is 6.20 Å². The minimum atomic E-state index is 0.595. The topological polar surface area (TPSA) is 55.9 Å². The van der Waals surface area contributed by atoms with E-state index in [1.165, 1.54) is 0 Å². The molecule has 0 atom stereocenters. The molecule has 0 aliphatic heterocycles. The molecule has 0 amide bonds. The summed E-state index contributed by atoms with van der Waals surface area (Å²) in [5.74, 6) is 0.595. The first-order valence-corrected chi connectivity index (χ1v) is 3.74. The predicted octanol–water partition coefficient (Wildman–Crippen LogP) is 0.205. The maximum Gasteiger partial charge on any atom is 0.200 e. The molecule has 1 aromatic heterocycles. The smallest absolute Gasteiger partial charge is 0.200 e. The van der Waals surface area contributed by atoms with Crippen LogP contribution in [0, 0.1) is 0 Å². The van der Waals surface area contributed by atoms with E-state index < -0.39 is 0 Å². The number of nitrogens with two attached hydrogens (primary N) is 1. The van der Waals surface area contributed by atoms with Gasteiger partial charge in [0, 0.05) is 19.3 Å². The van der Waals surface area contributed by atoms with Crippen molar-refractivity contribution in [3.63, 3.8) is 0 Å². The van der Waals surface area contributed by atoms with Crippen LogP contribution in [0.25, 0.3) is 0 Å². The zero-order valence-electron chi connectivity index (χ0n) is 6.96. The third kappa shape index (κ3) is 1.71. The van der Waals surface area contributed by atoms with E-state index in [0.717, 1.165) is 18.8 Å². The number of anilines is 1. The highest BCUT2D eigenvalue weighted by Crippen LogP contribution is 2.03. The molecule has 0 unspecified atom stereocenters. The summed E-state index contributed by atoms with van der Waals surface area (Å²) >= 11 is 0. The molecule has 0 fully saturated rings. The summed E-state index contributed by atoms with van der Waals surface area (Å²) in [7, 11) is 1.89. The van der Waals surface area contributed by atoms with Gasteiger partial charge in [0.2, 0.25) is 0 Å². The van der Waals surface area contributed by atoms with Crippen molar-refractivity contribution in [1.29, 1.82) is 0 Å². The molecule has 0 aliphatic rings. The molecule has 3 N–H and O–H groups in total. The van der Waals surface area contributed by atoms with E-state index in [4.69, 9.17) is 5.73 Å². The summed E-state index contributed by atoms with van der Waals surface area (Å²) in [5.41, 5.74) is 6.60. The maximum atomic E-state index is 5.61. The van der Waals surface area contributed by atoms with E-state index in [9.17, 15) is 0 Å². The fraction of sp³-hybridized carbons (Fsp3) is 0.571. The Labute approximate surface area is 66.4 Å². The van der Waals surface area contributed by atoms with Crippen molar-refractivity contribution in [1.82, 2.24) is 14.9 Å².